The number of amides is 3. The van der Waals surface area contributed by atoms with Gasteiger partial charge in [-0.3, -0.25) is 14.4 Å². The molecule has 42 heavy (non-hydrogen) atoms. The molecule has 7 atom stereocenters. The van der Waals surface area contributed by atoms with E-state index in [0.717, 1.165) is 31.2 Å². The Morgan fingerprint density at radius 2 is 1.81 bits per heavy atom. The summed E-state index contributed by atoms with van der Waals surface area (Å²) in [6, 6.07) is 14.4. The van der Waals surface area contributed by atoms with Gasteiger partial charge in [-0.2, -0.15) is 0 Å². The summed E-state index contributed by atoms with van der Waals surface area (Å²) in [5, 5.41) is 6.30. The van der Waals surface area contributed by atoms with Gasteiger partial charge in [0.25, 0.3) is 0 Å². The second-order valence-electron chi connectivity index (χ2n) is 12.6. The number of nitrogens with zero attached hydrogens (tertiary/aromatic N) is 1. The standard InChI is InChI=1S/C34H41N3O5/c1-20(2)22-13-15-24(16-14-22)35-31(38)28-27-17-18-34(42-27)29(28)33(40)37(19-23-10-6-8-12-26(23)41-4)30(34)32(39)36-25-11-7-5-9-21(25)3/h6,8,10,12-18,20-21,25,27-30H,5,7,9,11,19H2,1-4H3,(H,35,38)(H,36,39)/t21-,25+,27-,28-,29-,30+,34+/m1/s1. The quantitative estimate of drug-likeness (QED) is 0.444. The van der Waals surface area contributed by atoms with Crippen LogP contribution >= 0.6 is 0 Å². The van der Waals surface area contributed by atoms with Gasteiger partial charge in [-0.25, -0.2) is 0 Å². The topological polar surface area (TPSA) is 97.0 Å². The maximum absolute atomic E-state index is 14.3. The molecule has 8 nitrogen and oxygen atoms in total. The van der Waals surface area contributed by atoms with Crippen molar-refractivity contribution >= 4 is 23.4 Å². The second kappa shape index (κ2) is 11.2. The van der Waals surface area contributed by atoms with Crippen molar-refractivity contribution in [2.24, 2.45) is 17.8 Å². The maximum Gasteiger partial charge on any atom is 0.246 e. The molecule has 3 amide bonds. The van der Waals surface area contributed by atoms with Crippen molar-refractivity contribution in [1.82, 2.24) is 10.2 Å². The molecule has 1 saturated carbocycles. The molecule has 2 saturated heterocycles. The van der Waals surface area contributed by atoms with Crippen LogP contribution in [-0.4, -0.2) is 53.5 Å². The van der Waals surface area contributed by atoms with E-state index in [1.807, 2.05) is 60.7 Å². The van der Waals surface area contributed by atoms with Crippen LogP contribution in [-0.2, 0) is 25.7 Å². The van der Waals surface area contributed by atoms with Crippen LogP contribution in [0.5, 0.6) is 5.75 Å². The number of ether oxygens (including phenoxy) is 2. The normalized spacial score (nSPS) is 31.4. The number of benzene rings is 2. The molecule has 8 heteroatoms. The van der Waals surface area contributed by atoms with Crippen molar-refractivity contribution in [3.8, 4) is 5.75 Å². The SMILES string of the molecule is COc1ccccc1CN1C(=O)[C@H]2[C@H](C(=O)Nc3ccc(C(C)C)cc3)[C@H]3C=C[C@@]2(O3)[C@@H]1C(=O)N[C@H]1CCCC[C@H]1C. The van der Waals surface area contributed by atoms with E-state index in [0.29, 0.717) is 23.3 Å². The first-order valence-electron chi connectivity index (χ1n) is 15.2. The van der Waals surface area contributed by atoms with E-state index in [-0.39, 0.29) is 30.3 Å². The first-order chi connectivity index (χ1) is 20.2. The molecular weight excluding hydrogens is 530 g/mol. The van der Waals surface area contributed by atoms with Crippen molar-refractivity contribution in [1.29, 1.82) is 0 Å². The fraction of sp³-hybridized carbons (Fsp3) is 0.500. The molecule has 6 rings (SSSR count). The Bertz CT molecular complexity index is 1390. The zero-order valence-electron chi connectivity index (χ0n) is 24.8. The van der Waals surface area contributed by atoms with Gasteiger partial charge < -0.3 is 25.0 Å². The van der Waals surface area contributed by atoms with E-state index in [9.17, 15) is 14.4 Å². The smallest absolute Gasteiger partial charge is 0.246 e. The largest absolute Gasteiger partial charge is 0.496 e. The van der Waals surface area contributed by atoms with Crippen molar-refractivity contribution < 1.29 is 23.9 Å². The summed E-state index contributed by atoms with van der Waals surface area (Å²) >= 11 is 0. The van der Waals surface area contributed by atoms with Crippen LogP contribution in [0.1, 0.15) is 63.5 Å². The number of hydrogen-bond donors (Lipinski definition) is 2. The van der Waals surface area contributed by atoms with E-state index in [2.05, 4.69) is 31.4 Å². The molecule has 222 valence electrons. The Kier molecular flexibility index (Phi) is 7.60. The summed E-state index contributed by atoms with van der Waals surface area (Å²) in [7, 11) is 1.59. The summed E-state index contributed by atoms with van der Waals surface area (Å²) in [5.41, 5.74) is 1.42. The fourth-order valence-electron chi connectivity index (χ4n) is 7.42. The highest BCUT2D eigenvalue weighted by atomic mass is 16.5. The second-order valence-corrected chi connectivity index (χ2v) is 12.6. The van der Waals surface area contributed by atoms with E-state index < -0.39 is 29.6 Å². The molecule has 3 fully saturated rings. The molecule has 3 aliphatic heterocycles. The van der Waals surface area contributed by atoms with Gasteiger partial charge in [0, 0.05) is 17.3 Å². The third-order valence-corrected chi connectivity index (χ3v) is 9.74. The van der Waals surface area contributed by atoms with Crippen molar-refractivity contribution in [2.75, 3.05) is 12.4 Å². The molecule has 2 aromatic carbocycles. The summed E-state index contributed by atoms with van der Waals surface area (Å²) in [4.78, 5) is 43.9. The van der Waals surface area contributed by atoms with Crippen molar-refractivity contribution in [3.63, 3.8) is 0 Å². The lowest BCUT2D eigenvalue weighted by atomic mass is 9.74. The monoisotopic (exact) mass is 571 g/mol. The molecule has 2 bridgehead atoms. The number of fused-ring (bicyclic) bond motifs is 1. The number of carbonyl (C=O) groups excluding carboxylic acids is 3. The number of para-hydroxylation sites is 1. The van der Waals surface area contributed by atoms with Crippen molar-refractivity contribution in [2.45, 2.75) is 82.7 Å². The zero-order chi connectivity index (χ0) is 29.6. The molecule has 2 N–H and O–H groups in total. The maximum atomic E-state index is 14.3. The number of carbonyl (C=O) groups is 3. The van der Waals surface area contributed by atoms with Crippen LogP contribution in [0.15, 0.2) is 60.7 Å². The number of methoxy groups -OCH3 is 1. The van der Waals surface area contributed by atoms with E-state index >= 15 is 0 Å². The Labute approximate surface area is 247 Å². The van der Waals surface area contributed by atoms with Crippen LogP contribution in [0.4, 0.5) is 5.69 Å². The van der Waals surface area contributed by atoms with E-state index in [1.165, 1.54) is 5.56 Å². The molecule has 1 spiro atoms. The lowest BCUT2D eigenvalue weighted by molar-refractivity contribution is -0.142. The fourth-order valence-corrected chi connectivity index (χ4v) is 7.42. The Morgan fingerprint density at radius 3 is 2.52 bits per heavy atom. The number of likely N-dealkylation sites (tertiary alicyclic amines) is 1. The van der Waals surface area contributed by atoms with Crippen LogP contribution in [0.25, 0.3) is 0 Å². The van der Waals surface area contributed by atoms with Gasteiger partial charge in [0.2, 0.25) is 17.7 Å². The minimum Gasteiger partial charge on any atom is -0.496 e. The number of hydrogen-bond acceptors (Lipinski definition) is 5. The van der Waals surface area contributed by atoms with Crippen LogP contribution in [0, 0.1) is 17.8 Å². The third-order valence-electron chi connectivity index (χ3n) is 9.74. The number of anilines is 1. The molecule has 0 radical (unpaired) electrons. The third kappa shape index (κ3) is 4.79. The number of nitrogens with one attached hydrogen (secondary N) is 2. The van der Waals surface area contributed by atoms with Gasteiger partial charge in [0.15, 0.2) is 0 Å². The van der Waals surface area contributed by atoms with Gasteiger partial charge in [-0.15, -0.1) is 0 Å². The van der Waals surface area contributed by atoms with Gasteiger partial charge in [0.05, 0.1) is 31.6 Å². The summed E-state index contributed by atoms with van der Waals surface area (Å²) in [5.74, 6) is -0.942. The molecule has 3 heterocycles. The Balaban J connectivity index is 1.32. The highest BCUT2D eigenvalue weighted by Gasteiger charge is 2.72. The molecule has 0 unspecified atom stereocenters. The van der Waals surface area contributed by atoms with Crippen LogP contribution in [0.2, 0.25) is 0 Å². The highest BCUT2D eigenvalue weighted by molar-refractivity contribution is 6.02. The Hall–Kier alpha value is -3.65. The predicted octanol–water partition coefficient (Wildman–Crippen LogP) is 4.80. The minimum absolute atomic E-state index is 0.0420. The minimum atomic E-state index is -1.21. The molecule has 1 aliphatic carbocycles. The predicted molar refractivity (Wildman–Crippen MR) is 160 cm³/mol. The summed E-state index contributed by atoms with van der Waals surface area (Å²) in [6.07, 6.45) is 7.33. The van der Waals surface area contributed by atoms with E-state index in [1.54, 1.807) is 12.0 Å². The van der Waals surface area contributed by atoms with Crippen LogP contribution in [0.3, 0.4) is 0 Å². The molecule has 0 aromatic heterocycles. The molecule has 4 aliphatic rings. The van der Waals surface area contributed by atoms with Gasteiger partial charge in [0.1, 0.15) is 17.4 Å². The molecule has 2 aromatic rings. The van der Waals surface area contributed by atoms with Gasteiger partial charge in [-0.1, -0.05) is 76.1 Å². The summed E-state index contributed by atoms with van der Waals surface area (Å²) in [6.45, 7) is 6.58. The molecular formula is C34H41N3O5. The lowest BCUT2D eigenvalue weighted by Crippen LogP contribution is -2.57. The average Bonchev–Trinajstić information content (AvgIpc) is 3.62. The lowest BCUT2D eigenvalue weighted by Gasteiger charge is -2.36. The Morgan fingerprint density at radius 1 is 1.07 bits per heavy atom. The average molecular weight is 572 g/mol. The van der Waals surface area contributed by atoms with Gasteiger partial charge in [-0.05, 0) is 48.4 Å². The highest BCUT2D eigenvalue weighted by Crippen LogP contribution is 2.55. The first kappa shape index (κ1) is 28.5. The van der Waals surface area contributed by atoms with Crippen LogP contribution < -0.4 is 15.4 Å². The van der Waals surface area contributed by atoms with Gasteiger partial charge >= 0.3 is 0 Å². The first-order valence-corrected chi connectivity index (χ1v) is 15.2. The number of rotatable bonds is 8. The summed E-state index contributed by atoms with van der Waals surface area (Å²) < 4.78 is 12.1. The van der Waals surface area contributed by atoms with Crippen molar-refractivity contribution in [3.05, 3.63) is 71.8 Å². The van der Waals surface area contributed by atoms with E-state index in [4.69, 9.17) is 9.47 Å². The zero-order valence-corrected chi connectivity index (χ0v) is 24.8.